The van der Waals surface area contributed by atoms with Gasteiger partial charge in [-0.3, -0.25) is 9.69 Å². The maximum absolute atomic E-state index is 13.8. The van der Waals surface area contributed by atoms with E-state index in [2.05, 4.69) is 10.2 Å². The van der Waals surface area contributed by atoms with Crippen LogP contribution in [0.5, 0.6) is 0 Å². The van der Waals surface area contributed by atoms with Gasteiger partial charge in [0.05, 0.1) is 11.4 Å². The van der Waals surface area contributed by atoms with Crippen molar-refractivity contribution in [2.75, 3.05) is 42.9 Å². The number of anilines is 2. The van der Waals surface area contributed by atoms with Crippen molar-refractivity contribution in [3.05, 3.63) is 59.1 Å². The Morgan fingerprint density at radius 1 is 1.04 bits per heavy atom. The Morgan fingerprint density at radius 3 is 2.46 bits per heavy atom. The number of halogens is 3. The lowest BCUT2D eigenvalue weighted by molar-refractivity contribution is -0.116. The van der Waals surface area contributed by atoms with Gasteiger partial charge in [0.15, 0.2) is 0 Å². The van der Waals surface area contributed by atoms with E-state index in [0.717, 1.165) is 13.1 Å². The van der Waals surface area contributed by atoms with Crippen molar-refractivity contribution in [2.45, 2.75) is 6.42 Å². The highest BCUT2D eigenvalue weighted by molar-refractivity contribution is 6.30. The smallest absolute Gasteiger partial charge is 0.225 e. The second kappa shape index (κ2) is 8.47. The predicted molar refractivity (Wildman–Crippen MR) is 99.7 cm³/mol. The quantitative estimate of drug-likeness (QED) is 0.859. The van der Waals surface area contributed by atoms with Crippen LogP contribution < -0.4 is 10.2 Å². The minimum atomic E-state index is -0.552. The van der Waals surface area contributed by atoms with Crippen LogP contribution in [0.15, 0.2) is 42.5 Å². The van der Waals surface area contributed by atoms with Gasteiger partial charge in [-0.25, -0.2) is 8.78 Å². The van der Waals surface area contributed by atoms with Gasteiger partial charge in [-0.1, -0.05) is 23.7 Å². The standard InChI is InChI=1S/C19H20ClF2N3O/c20-14-5-6-17(16(22)13-14)23-19(26)7-8-24-9-11-25(12-10-24)18-4-2-1-3-15(18)21/h1-6,13H,7-12H2,(H,23,26). The minimum absolute atomic E-state index is 0.128. The van der Waals surface area contributed by atoms with E-state index in [1.807, 2.05) is 11.0 Å². The fourth-order valence-electron chi connectivity index (χ4n) is 2.98. The Morgan fingerprint density at radius 2 is 1.77 bits per heavy atom. The summed E-state index contributed by atoms with van der Waals surface area (Å²) in [5.41, 5.74) is 0.742. The second-order valence-corrected chi connectivity index (χ2v) is 6.64. The minimum Gasteiger partial charge on any atom is -0.367 e. The zero-order valence-electron chi connectivity index (χ0n) is 14.2. The zero-order valence-corrected chi connectivity index (χ0v) is 15.0. The van der Waals surface area contributed by atoms with Gasteiger partial charge in [-0.05, 0) is 30.3 Å². The molecule has 3 rings (SSSR count). The molecular weight excluding hydrogens is 360 g/mol. The predicted octanol–water partition coefficient (Wildman–Crippen LogP) is 3.77. The molecule has 1 N–H and O–H groups in total. The van der Waals surface area contributed by atoms with Gasteiger partial charge in [-0.2, -0.15) is 0 Å². The fourth-order valence-corrected chi connectivity index (χ4v) is 3.14. The zero-order chi connectivity index (χ0) is 18.5. The van der Waals surface area contributed by atoms with Gasteiger partial charge in [0.1, 0.15) is 11.6 Å². The maximum Gasteiger partial charge on any atom is 0.225 e. The molecule has 0 aliphatic carbocycles. The van der Waals surface area contributed by atoms with Crippen molar-refractivity contribution < 1.29 is 13.6 Å². The first-order chi connectivity index (χ1) is 12.5. The number of nitrogens with zero attached hydrogens (tertiary/aromatic N) is 2. The summed E-state index contributed by atoms with van der Waals surface area (Å²) in [6.45, 7) is 3.47. The Balaban J connectivity index is 1.45. The normalized spacial score (nSPS) is 15.1. The summed E-state index contributed by atoms with van der Waals surface area (Å²) in [5.74, 6) is -1.02. The molecule has 1 saturated heterocycles. The molecule has 1 aliphatic rings. The maximum atomic E-state index is 13.8. The summed E-state index contributed by atoms with van der Waals surface area (Å²) in [6.07, 6.45) is 0.266. The van der Waals surface area contributed by atoms with Crippen LogP contribution in [-0.2, 0) is 4.79 Å². The van der Waals surface area contributed by atoms with E-state index >= 15 is 0 Å². The molecule has 2 aromatic carbocycles. The molecule has 26 heavy (non-hydrogen) atoms. The van der Waals surface area contributed by atoms with Crippen molar-refractivity contribution in [3.63, 3.8) is 0 Å². The number of hydrogen-bond donors (Lipinski definition) is 1. The summed E-state index contributed by atoms with van der Waals surface area (Å²) in [6, 6.07) is 10.9. The molecule has 0 unspecified atom stereocenters. The third-order valence-electron chi connectivity index (χ3n) is 4.43. The number of rotatable bonds is 5. The highest BCUT2D eigenvalue weighted by atomic mass is 35.5. The molecule has 1 fully saturated rings. The molecule has 0 bridgehead atoms. The Hall–Kier alpha value is -2.18. The first-order valence-electron chi connectivity index (χ1n) is 8.49. The number of nitrogens with one attached hydrogen (secondary N) is 1. The first kappa shape index (κ1) is 18.6. The molecule has 0 radical (unpaired) electrons. The Kier molecular flexibility index (Phi) is 6.06. The Bertz CT molecular complexity index is 779. The third kappa shape index (κ3) is 4.71. The number of amides is 1. The number of carbonyl (C=O) groups is 1. The van der Waals surface area contributed by atoms with Crippen LogP contribution in [0.2, 0.25) is 5.02 Å². The van der Waals surface area contributed by atoms with Crippen LogP contribution in [0.3, 0.4) is 0 Å². The first-order valence-corrected chi connectivity index (χ1v) is 8.87. The summed E-state index contributed by atoms with van der Waals surface area (Å²) < 4.78 is 27.5. The number of carbonyl (C=O) groups excluding carboxylic acids is 1. The van der Waals surface area contributed by atoms with E-state index in [4.69, 9.17) is 11.6 Å². The van der Waals surface area contributed by atoms with Crippen molar-refractivity contribution in [1.29, 1.82) is 0 Å². The highest BCUT2D eigenvalue weighted by Gasteiger charge is 2.19. The van der Waals surface area contributed by atoms with Crippen LogP contribution in [0, 0.1) is 11.6 Å². The van der Waals surface area contributed by atoms with Gasteiger partial charge in [-0.15, -0.1) is 0 Å². The molecule has 4 nitrogen and oxygen atoms in total. The van der Waals surface area contributed by atoms with Gasteiger partial charge in [0.25, 0.3) is 0 Å². The van der Waals surface area contributed by atoms with Crippen LogP contribution in [0.25, 0.3) is 0 Å². The second-order valence-electron chi connectivity index (χ2n) is 6.20. The van der Waals surface area contributed by atoms with E-state index in [-0.39, 0.29) is 28.9 Å². The molecule has 2 aromatic rings. The fraction of sp³-hybridized carbons (Fsp3) is 0.316. The summed E-state index contributed by atoms with van der Waals surface area (Å²) in [5, 5.41) is 2.85. The van der Waals surface area contributed by atoms with Gasteiger partial charge >= 0.3 is 0 Å². The molecule has 1 heterocycles. The van der Waals surface area contributed by atoms with Gasteiger partial charge < -0.3 is 10.2 Å². The van der Waals surface area contributed by atoms with Crippen LogP contribution in [0.4, 0.5) is 20.2 Å². The Labute approximate surface area is 156 Å². The van der Waals surface area contributed by atoms with E-state index < -0.39 is 5.82 Å². The third-order valence-corrected chi connectivity index (χ3v) is 4.66. The molecule has 0 saturated carbocycles. The van der Waals surface area contributed by atoms with Crippen molar-refractivity contribution in [1.82, 2.24) is 4.90 Å². The SMILES string of the molecule is O=C(CCN1CCN(c2ccccc2F)CC1)Nc1ccc(Cl)cc1F. The van der Waals surface area contributed by atoms with E-state index in [9.17, 15) is 13.6 Å². The number of piperazine rings is 1. The van der Waals surface area contributed by atoms with E-state index in [0.29, 0.717) is 25.3 Å². The average Bonchev–Trinajstić information content (AvgIpc) is 2.63. The summed E-state index contributed by atoms with van der Waals surface area (Å²) in [7, 11) is 0. The molecular formula is C19H20ClF2N3O. The lowest BCUT2D eigenvalue weighted by Gasteiger charge is -2.36. The summed E-state index contributed by atoms with van der Waals surface area (Å²) >= 11 is 5.70. The van der Waals surface area contributed by atoms with Crippen LogP contribution in [-0.4, -0.2) is 43.5 Å². The lowest BCUT2D eigenvalue weighted by atomic mass is 10.2. The molecule has 138 valence electrons. The van der Waals surface area contributed by atoms with Crippen LogP contribution in [0.1, 0.15) is 6.42 Å². The average molecular weight is 380 g/mol. The molecule has 0 aromatic heterocycles. The number of para-hydroxylation sites is 1. The van der Waals surface area contributed by atoms with Crippen molar-refractivity contribution >= 4 is 28.9 Å². The number of benzene rings is 2. The van der Waals surface area contributed by atoms with Crippen molar-refractivity contribution in [3.8, 4) is 0 Å². The lowest BCUT2D eigenvalue weighted by Crippen LogP contribution is -2.47. The molecule has 7 heteroatoms. The van der Waals surface area contributed by atoms with E-state index in [1.54, 1.807) is 12.1 Å². The number of hydrogen-bond acceptors (Lipinski definition) is 3. The monoisotopic (exact) mass is 379 g/mol. The highest BCUT2D eigenvalue weighted by Crippen LogP contribution is 2.21. The molecule has 1 amide bonds. The van der Waals surface area contributed by atoms with Gasteiger partial charge in [0.2, 0.25) is 5.91 Å². The molecule has 0 spiro atoms. The van der Waals surface area contributed by atoms with Crippen molar-refractivity contribution in [2.24, 2.45) is 0 Å². The molecule has 1 aliphatic heterocycles. The topological polar surface area (TPSA) is 35.6 Å². The largest absolute Gasteiger partial charge is 0.367 e. The molecule has 0 atom stereocenters. The summed E-state index contributed by atoms with van der Waals surface area (Å²) in [4.78, 5) is 16.2. The van der Waals surface area contributed by atoms with Crippen LogP contribution >= 0.6 is 11.6 Å². The van der Waals surface area contributed by atoms with E-state index in [1.165, 1.54) is 24.3 Å². The van der Waals surface area contributed by atoms with Gasteiger partial charge in [0, 0.05) is 44.2 Å².